The molecular formula is C20H27N5O2. The molecule has 27 heavy (non-hydrogen) atoms. The van der Waals surface area contributed by atoms with Gasteiger partial charge in [-0.1, -0.05) is 6.58 Å². The number of nitrogen functional groups attached to an aromatic ring is 1. The lowest BCUT2D eigenvalue weighted by Gasteiger charge is -2.32. The highest BCUT2D eigenvalue weighted by molar-refractivity contribution is 5.84. The van der Waals surface area contributed by atoms with Gasteiger partial charge in [-0.15, -0.1) is 0 Å². The lowest BCUT2D eigenvalue weighted by molar-refractivity contribution is 0.0529. The quantitative estimate of drug-likeness (QED) is 0.598. The zero-order valence-electron chi connectivity index (χ0n) is 16.1. The summed E-state index contributed by atoms with van der Waals surface area (Å²) in [6.45, 7) is 12.6. The Morgan fingerprint density at radius 1 is 1.37 bits per heavy atom. The van der Waals surface area contributed by atoms with Gasteiger partial charge in [-0.25, -0.2) is 9.97 Å². The smallest absolute Gasteiger partial charge is 0.132 e. The number of anilines is 2. The molecule has 1 aliphatic heterocycles. The number of morpholine rings is 1. The fourth-order valence-electron chi connectivity index (χ4n) is 3.09. The minimum absolute atomic E-state index is 0.0803. The van der Waals surface area contributed by atoms with Gasteiger partial charge in [0.05, 0.1) is 30.2 Å². The summed E-state index contributed by atoms with van der Waals surface area (Å²) in [5.41, 5.74) is 5.83. The topological polar surface area (TPSA) is 85.5 Å². The SMILES string of the molecule is C=C(c1cc(N2CCO[C@@H](C)C2)ncn1)c1cc(OC(C)C)ccc1NN. The Morgan fingerprint density at radius 2 is 2.19 bits per heavy atom. The lowest BCUT2D eigenvalue weighted by atomic mass is 10.0. The fraction of sp³-hybridized carbons (Fsp3) is 0.400. The van der Waals surface area contributed by atoms with Crippen molar-refractivity contribution in [2.75, 3.05) is 30.0 Å². The van der Waals surface area contributed by atoms with Gasteiger partial charge in [-0.2, -0.15) is 0 Å². The molecule has 0 spiro atoms. The van der Waals surface area contributed by atoms with E-state index in [-0.39, 0.29) is 12.2 Å². The Bertz CT molecular complexity index is 809. The number of ether oxygens (including phenoxy) is 2. The van der Waals surface area contributed by atoms with E-state index in [1.165, 1.54) is 0 Å². The third-order valence-corrected chi connectivity index (χ3v) is 4.37. The third-order valence-electron chi connectivity index (χ3n) is 4.37. The van der Waals surface area contributed by atoms with E-state index in [1.807, 2.05) is 38.1 Å². The lowest BCUT2D eigenvalue weighted by Crippen LogP contribution is -2.41. The standard InChI is InChI=1S/C20H27N5O2/c1-13(2)27-16-5-6-18(24-21)17(9-16)15(4)19-10-20(23-12-22-19)25-7-8-26-14(3)11-25/h5-6,9-10,12-14,24H,4,7-8,11,21H2,1-3H3/t14-/m0/s1. The van der Waals surface area contributed by atoms with Crippen molar-refractivity contribution in [3.05, 3.63) is 48.4 Å². The molecule has 1 saturated heterocycles. The highest BCUT2D eigenvalue weighted by Crippen LogP contribution is 2.31. The van der Waals surface area contributed by atoms with Crippen LogP contribution >= 0.6 is 0 Å². The molecule has 7 nitrogen and oxygen atoms in total. The minimum Gasteiger partial charge on any atom is -0.491 e. The maximum atomic E-state index is 5.81. The van der Waals surface area contributed by atoms with E-state index in [2.05, 4.69) is 33.8 Å². The summed E-state index contributed by atoms with van der Waals surface area (Å²) in [4.78, 5) is 11.0. The third kappa shape index (κ3) is 4.56. The van der Waals surface area contributed by atoms with Crippen LogP contribution in [0.3, 0.4) is 0 Å². The Morgan fingerprint density at radius 3 is 2.89 bits per heavy atom. The van der Waals surface area contributed by atoms with E-state index in [4.69, 9.17) is 15.3 Å². The van der Waals surface area contributed by atoms with E-state index in [9.17, 15) is 0 Å². The molecule has 0 saturated carbocycles. The molecule has 0 bridgehead atoms. The first kappa shape index (κ1) is 19.1. The number of aromatic nitrogens is 2. The second kappa shape index (κ2) is 8.37. The molecule has 0 aliphatic carbocycles. The Kier molecular flexibility index (Phi) is 5.93. The number of hydrogen-bond acceptors (Lipinski definition) is 7. The van der Waals surface area contributed by atoms with Crippen molar-refractivity contribution in [2.45, 2.75) is 33.0 Å². The average Bonchev–Trinajstić information content (AvgIpc) is 2.67. The van der Waals surface area contributed by atoms with Crippen LogP contribution in [0.5, 0.6) is 5.75 Å². The summed E-state index contributed by atoms with van der Waals surface area (Å²) in [6, 6.07) is 7.64. The predicted molar refractivity (Wildman–Crippen MR) is 108 cm³/mol. The van der Waals surface area contributed by atoms with Crippen molar-refractivity contribution in [3.63, 3.8) is 0 Å². The van der Waals surface area contributed by atoms with Crippen molar-refractivity contribution in [2.24, 2.45) is 5.84 Å². The van der Waals surface area contributed by atoms with Gasteiger partial charge in [0, 0.05) is 30.3 Å². The number of nitrogens with one attached hydrogen (secondary N) is 1. The van der Waals surface area contributed by atoms with Crippen molar-refractivity contribution in [3.8, 4) is 5.75 Å². The summed E-state index contributed by atoms with van der Waals surface area (Å²) in [5, 5.41) is 0. The zero-order valence-corrected chi connectivity index (χ0v) is 16.1. The van der Waals surface area contributed by atoms with Crippen molar-refractivity contribution >= 4 is 17.1 Å². The van der Waals surface area contributed by atoms with Gasteiger partial charge in [-0.3, -0.25) is 5.84 Å². The van der Waals surface area contributed by atoms with E-state index in [0.29, 0.717) is 6.61 Å². The van der Waals surface area contributed by atoms with Crippen molar-refractivity contribution in [1.29, 1.82) is 0 Å². The van der Waals surface area contributed by atoms with Crippen LogP contribution in [0.2, 0.25) is 0 Å². The number of rotatable bonds is 6. The van der Waals surface area contributed by atoms with E-state index in [0.717, 1.165) is 47.2 Å². The number of benzene rings is 1. The zero-order chi connectivity index (χ0) is 19.4. The Hall–Kier alpha value is -2.64. The van der Waals surface area contributed by atoms with Gasteiger partial charge in [0.15, 0.2) is 0 Å². The first-order valence-electron chi connectivity index (χ1n) is 9.13. The summed E-state index contributed by atoms with van der Waals surface area (Å²) in [5.74, 6) is 7.32. The summed E-state index contributed by atoms with van der Waals surface area (Å²) >= 11 is 0. The maximum absolute atomic E-state index is 5.81. The Labute approximate surface area is 160 Å². The Balaban J connectivity index is 1.90. The molecular weight excluding hydrogens is 342 g/mol. The van der Waals surface area contributed by atoms with Crippen LogP contribution < -0.4 is 20.9 Å². The molecule has 2 heterocycles. The van der Waals surface area contributed by atoms with Crippen LogP contribution in [0.25, 0.3) is 5.57 Å². The van der Waals surface area contributed by atoms with E-state index >= 15 is 0 Å². The molecule has 1 atom stereocenters. The second-order valence-corrected chi connectivity index (χ2v) is 6.89. The monoisotopic (exact) mass is 369 g/mol. The van der Waals surface area contributed by atoms with Crippen LogP contribution in [0.1, 0.15) is 32.0 Å². The molecule has 0 amide bonds. The molecule has 0 radical (unpaired) electrons. The average molecular weight is 369 g/mol. The van der Waals surface area contributed by atoms with E-state index < -0.39 is 0 Å². The normalized spacial score (nSPS) is 17.1. The molecule has 144 valence electrons. The molecule has 3 N–H and O–H groups in total. The number of hydrazine groups is 1. The van der Waals surface area contributed by atoms with Crippen LogP contribution in [0, 0.1) is 0 Å². The van der Waals surface area contributed by atoms with Gasteiger partial charge in [0.1, 0.15) is 17.9 Å². The fourth-order valence-corrected chi connectivity index (χ4v) is 3.09. The molecule has 1 aliphatic rings. The molecule has 0 unspecified atom stereocenters. The molecule has 7 heteroatoms. The first-order chi connectivity index (χ1) is 13.0. The van der Waals surface area contributed by atoms with Crippen LogP contribution in [-0.2, 0) is 4.74 Å². The summed E-state index contributed by atoms with van der Waals surface area (Å²) in [7, 11) is 0. The van der Waals surface area contributed by atoms with Gasteiger partial charge in [0.25, 0.3) is 0 Å². The van der Waals surface area contributed by atoms with Crippen molar-refractivity contribution in [1.82, 2.24) is 9.97 Å². The van der Waals surface area contributed by atoms with Crippen LogP contribution in [-0.4, -0.2) is 41.9 Å². The number of hydrogen-bond donors (Lipinski definition) is 2. The van der Waals surface area contributed by atoms with Crippen LogP contribution in [0.15, 0.2) is 37.2 Å². The van der Waals surface area contributed by atoms with Gasteiger partial charge in [-0.05, 0) is 39.0 Å². The van der Waals surface area contributed by atoms with Crippen LogP contribution in [0.4, 0.5) is 11.5 Å². The van der Waals surface area contributed by atoms with Gasteiger partial charge >= 0.3 is 0 Å². The van der Waals surface area contributed by atoms with Crippen molar-refractivity contribution < 1.29 is 9.47 Å². The van der Waals surface area contributed by atoms with E-state index in [1.54, 1.807) is 6.33 Å². The summed E-state index contributed by atoms with van der Waals surface area (Å²) in [6.07, 6.45) is 1.83. The highest BCUT2D eigenvalue weighted by atomic mass is 16.5. The predicted octanol–water partition coefficient (Wildman–Crippen LogP) is 2.84. The minimum atomic E-state index is 0.0803. The van der Waals surface area contributed by atoms with Gasteiger partial charge < -0.3 is 19.8 Å². The maximum Gasteiger partial charge on any atom is 0.132 e. The molecule has 1 aromatic carbocycles. The largest absolute Gasteiger partial charge is 0.491 e. The molecule has 1 fully saturated rings. The molecule has 3 rings (SSSR count). The molecule has 2 aromatic rings. The number of nitrogens with two attached hydrogens (primary N) is 1. The van der Waals surface area contributed by atoms with Gasteiger partial charge in [0.2, 0.25) is 0 Å². The first-order valence-corrected chi connectivity index (χ1v) is 9.13. The highest BCUT2D eigenvalue weighted by Gasteiger charge is 2.19. The number of nitrogens with zero attached hydrogens (tertiary/aromatic N) is 3. The second-order valence-electron chi connectivity index (χ2n) is 6.89. The molecule has 1 aromatic heterocycles. The summed E-state index contributed by atoms with van der Waals surface area (Å²) < 4.78 is 11.4.